The topological polar surface area (TPSA) is 41.6 Å². The zero-order chi connectivity index (χ0) is 15.9. The molecule has 1 saturated carbocycles. The summed E-state index contributed by atoms with van der Waals surface area (Å²) in [6.07, 6.45) is 5.43. The summed E-state index contributed by atoms with van der Waals surface area (Å²) in [5.41, 5.74) is 0.874. The van der Waals surface area contributed by atoms with Gasteiger partial charge in [-0.1, -0.05) is 25.0 Å². The minimum absolute atomic E-state index is 0.302. The maximum absolute atomic E-state index is 13.5. The molecule has 1 aromatic carbocycles. The molecule has 4 heteroatoms. The quantitative estimate of drug-likeness (QED) is 0.931. The van der Waals surface area contributed by atoms with Crippen molar-refractivity contribution >= 4 is 5.91 Å². The average molecular weight is 314 g/mol. The molecule has 23 heavy (non-hydrogen) atoms. The van der Waals surface area contributed by atoms with Gasteiger partial charge in [0.25, 0.3) is 0 Å². The summed E-state index contributed by atoms with van der Waals surface area (Å²) >= 11 is 0. The average Bonchev–Trinajstić information content (AvgIpc) is 3.31. The van der Waals surface area contributed by atoms with Gasteiger partial charge >= 0.3 is 0 Å². The summed E-state index contributed by atoms with van der Waals surface area (Å²) in [4.78, 5) is 15.7. The van der Waals surface area contributed by atoms with Gasteiger partial charge in [0.05, 0.1) is 12.5 Å². The SMILES string of the molecule is COc1ccc(C2(C(=O)N3CC[C@H]4CNC[C@H]43)CCCC2)cc1. The van der Waals surface area contributed by atoms with Crippen molar-refractivity contribution in [1.82, 2.24) is 10.2 Å². The Labute approximate surface area is 138 Å². The molecule has 0 aromatic heterocycles. The second-order valence-corrected chi connectivity index (χ2v) is 7.29. The molecule has 1 aliphatic carbocycles. The monoisotopic (exact) mass is 314 g/mol. The fourth-order valence-electron chi connectivity index (χ4n) is 4.89. The van der Waals surface area contributed by atoms with Crippen LogP contribution in [0, 0.1) is 5.92 Å². The number of benzene rings is 1. The molecule has 0 bridgehead atoms. The Morgan fingerprint density at radius 2 is 1.96 bits per heavy atom. The van der Waals surface area contributed by atoms with Crippen molar-refractivity contribution in [2.45, 2.75) is 43.6 Å². The fourth-order valence-corrected chi connectivity index (χ4v) is 4.89. The molecule has 1 amide bonds. The first-order valence-corrected chi connectivity index (χ1v) is 8.91. The molecule has 4 rings (SSSR count). The van der Waals surface area contributed by atoms with E-state index in [-0.39, 0.29) is 5.41 Å². The van der Waals surface area contributed by atoms with Gasteiger partial charge in [0.2, 0.25) is 5.91 Å². The van der Waals surface area contributed by atoms with E-state index < -0.39 is 0 Å². The smallest absolute Gasteiger partial charge is 0.233 e. The number of carbonyl (C=O) groups is 1. The molecule has 0 radical (unpaired) electrons. The lowest BCUT2D eigenvalue weighted by Gasteiger charge is -2.35. The van der Waals surface area contributed by atoms with E-state index in [2.05, 4.69) is 22.3 Å². The molecule has 124 valence electrons. The Morgan fingerprint density at radius 3 is 2.65 bits per heavy atom. The minimum Gasteiger partial charge on any atom is -0.497 e. The molecule has 3 fully saturated rings. The third kappa shape index (κ3) is 2.35. The van der Waals surface area contributed by atoms with Crippen LogP contribution in [0.1, 0.15) is 37.7 Å². The van der Waals surface area contributed by atoms with E-state index in [1.54, 1.807) is 7.11 Å². The van der Waals surface area contributed by atoms with Gasteiger partial charge in [-0.25, -0.2) is 0 Å². The predicted octanol–water partition coefficient (Wildman–Crippen LogP) is 2.33. The number of fused-ring (bicyclic) bond motifs is 1. The van der Waals surface area contributed by atoms with Crippen LogP contribution in [-0.4, -0.2) is 43.6 Å². The number of nitrogens with one attached hydrogen (secondary N) is 1. The molecule has 1 N–H and O–H groups in total. The lowest BCUT2D eigenvalue weighted by atomic mass is 9.77. The highest BCUT2D eigenvalue weighted by molar-refractivity contribution is 5.89. The normalized spacial score (nSPS) is 28.8. The molecule has 2 saturated heterocycles. The van der Waals surface area contributed by atoms with E-state index in [1.165, 1.54) is 5.56 Å². The van der Waals surface area contributed by atoms with Crippen LogP contribution < -0.4 is 10.1 Å². The van der Waals surface area contributed by atoms with Gasteiger partial charge in [-0.15, -0.1) is 0 Å². The summed E-state index contributed by atoms with van der Waals surface area (Å²) in [6.45, 7) is 2.98. The van der Waals surface area contributed by atoms with Crippen LogP contribution >= 0.6 is 0 Å². The van der Waals surface area contributed by atoms with Crippen LogP contribution in [0.2, 0.25) is 0 Å². The standard InChI is InChI=1S/C19H26N2O2/c1-23-16-6-4-15(5-7-16)19(9-2-3-10-19)18(22)21-11-8-14-12-20-13-17(14)21/h4-7,14,17,20H,2-3,8-13H2,1H3/t14-,17+/m0/s1. The summed E-state index contributed by atoms with van der Waals surface area (Å²) < 4.78 is 5.28. The molecule has 2 heterocycles. The Balaban J connectivity index is 1.65. The highest BCUT2D eigenvalue weighted by Crippen LogP contribution is 2.44. The van der Waals surface area contributed by atoms with Crippen LogP contribution in [0.5, 0.6) is 5.75 Å². The Hall–Kier alpha value is -1.55. The van der Waals surface area contributed by atoms with Gasteiger partial charge in [-0.05, 0) is 42.9 Å². The maximum atomic E-state index is 13.5. The molecular formula is C19H26N2O2. The van der Waals surface area contributed by atoms with Crippen LogP contribution in [0.25, 0.3) is 0 Å². The largest absolute Gasteiger partial charge is 0.497 e. The number of amides is 1. The Morgan fingerprint density at radius 1 is 1.22 bits per heavy atom. The van der Waals surface area contributed by atoms with E-state index in [9.17, 15) is 4.79 Å². The predicted molar refractivity (Wildman–Crippen MR) is 89.6 cm³/mol. The first-order valence-electron chi connectivity index (χ1n) is 8.91. The lowest BCUT2D eigenvalue weighted by Crippen LogP contribution is -2.49. The van der Waals surface area contributed by atoms with Crippen LogP contribution in [0.3, 0.4) is 0 Å². The van der Waals surface area contributed by atoms with Gasteiger partial charge in [0, 0.05) is 25.7 Å². The number of likely N-dealkylation sites (tertiary alicyclic amines) is 1. The summed E-state index contributed by atoms with van der Waals surface area (Å²) in [5, 5.41) is 3.46. The number of hydrogen-bond acceptors (Lipinski definition) is 3. The highest BCUT2D eigenvalue weighted by atomic mass is 16.5. The zero-order valence-corrected chi connectivity index (χ0v) is 13.9. The van der Waals surface area contributed by atoms with Gasteiger partial charge in [0.1, 0.15) is 5.75 Å². The van der Waals surface area contributed by atoms with Crippen molar-refractivity contribution in [1.29, 1.82) is 0 Å². The first kappa shape index (κ1) is 15.0. The molecule has 2 aliphatic heterocycles. The van der Waals surface area contributed by atoms with Gasteiger partial charge in [0.15, 0.2) is 0 Å². The Kier molecular flexibility index (Phi) is 3.80. The highest BCUT2D eigenvalue weighted by Gasteiger charge is 2.49. The van der Waals surface area contributed by atoms with E-state index in [1.807, 2.05) is 12.1 Å². The van der Waals surface area contributed by atoms with Gasteiger partial charge < -0.3 is 15.0 Å². The third-order valence-corrected chi connectivity index (χ3v) is 6.22. The van der Waals surface area contributed by atoms with E-state index in [0.29, 0.717) is 17.9 Å². The van der Waals surface area contributed by atoms with Crippen molar-refractivity contribution in [2.24, 2.45) is 5.92 Å². The van der Waals surface area contributed by atoms with Crippen molar-refractivity contribution in [3.8, 4) is 5.75 Å². The second kappa shape index (κ2) is 5.82. The van der Waals surface area contributed by atoms with Gasteiger partial charge in [-0.2, -0.15) is 0 Å². The lowest BCUT2D eigenvalue weighted by molar-refractivity contribution is -0.138. The van der Waals surface area contributed by atoms with Gasteiger partial charge in [-0.3, -0.25) is 4.79 Å². The fraction of sp³-hybridized carbons (Fsp3) is 0.632. The second-order valence-electron chi connectivity index (χ2n) is 7.29. The Bertz CT molecular complexity index is 578. The van der Waals surface area contributed by atoms with E-state index >= 15 is 0 Å². The first-order chi connectivity index (χ1) is 11.2. The number of nitrogens with zero attached hydrogens (tertiary/aromatic N) is 1. The molecular weight excluding hydrogens is 288 g/mol. The molecule has 0 spiro atoms. The molecule has 0 unspecified atom stereocenters. The number of carbonyl (C=O) groups excluding carboxylic acids is 1. The summed E-state index contributed by atoms with van der Waals surface area (Å²) in [6, 6.07) is 8.60. The molecule has 1 aromatic rings. The maximum Gasteiger partial charge on any atom is 0.233 e. The summed E-state index contributed by atoms with van der Waals surface area (Å²) in [7, 11) is 1.68. The van der Waals surface area contributed by atoms with Crippen molar-refractivity contribution < 1.29 is 9.53 Å². The van der Waals surface area contributed by atoms with Crippen LogP contribution in [0.15, 0.2) is 24.3 Å². The minimum atomic E-state index is -0.302. The number of rotatable bonds is 3. The third-order valence-electron chi connectivity index (χ3n) is 6.22. The molecule has 3 aliphatic rings. The molecule has 4 nitrogen and oxygen atoms in total. The van der Waals surface area contributed by atoms with Crippen molar-refractivity contribution in [3.05, 3.63) is 29.8 Å². The molecule has 2 atom stereocenters. The van der Waals surface area contributed by atoms with Crippen molar-refractivity contribution in [2.75, 3.05) is 26.7 Å². The zero-order valence-electron chi connectivity index (χ0n) is 13.9. The number of ether oxygens (including phenoxy) is 1. The van der Waals surface area contributed by atoms with Crippen molar-refractivity contribution in [3.63, 3.8) is 0 Å². The van der Waals surface area contributed by atoms with Crippen LogP contribution in [-0.2, 0) is 10.2 Å². The summed E-state index contributed by atoms with van der Waals surface area (Å²) in [5.74, 6) is 1.89. The number of methoxy groups -OCH3 is 1. The van der Waals surface area contributed by atoms with E-state index in [4.69, 9.17) is 4.74 Å². The number of hydrogen-bond donors (Lipinski definition) is 1. The van der Waals surface area contributed by atoms with Crippen LogP contribution in [0.4, 0.5) is 0 Å². The van der Waals surface area contributed by atoms with E-state index in [0.717, 1.165) is 57.5 Å².